The highest BCUT2D eigenvalue weighted by Gasteiger charge is 2.17. The minimum atomic E-state index is -0.184. The number of nitrogens with two attached hydrogens (primary N) is 1. The van der Waals surface area contributed by atoms with Crippen LogP contribution in [0.4, 0.5) is 0 Å². The van der Waals surface area contributed by atoms with Crippen molar-refractivity contribution in [3.05, 3.63) is 0 Å². The molecule has 4 N–H and O–H groups in total. The zero-order valence-electron chi connectivity index (χ0n) is 11.3. The molecule has 0 aromatic carbocycles. The van der Waals surface area contributed by atoms with E-state index in [1.54, 1.807) is 0 Å². The van der Waals surface area contributed by atoms with Gasteiger partial charge < -0.3 is 15.4 Å². The summed E-state index contributed by atoms with van der Waals surface area (Å²) in [5, 5.41) is 9.87. The summed E-state index contributed by atoms with van der Waals surface area (Å²) in [4.78, 5) is 0. The van der Waals surface area contributed by atoms with Gasteiger partial charge >= 0.3 is 0 Å². The molecular weight excluding hydrogens is 234 g/mol. The number of aliphatic hydroxyl groups excluding tert-OH is 1. The van der Waals surface area contributed by atoms with E-state index >= 15 is 0 Å². The van der Waals surface area contributed by atoms with Gasteiger partial charge in [0.15, 0.2) is 0 Å². The van der Waals surface area contributed by atoms with E-state index in [1.807, 2.05) is 0 Å². The standard InChI is InChI=1S/C13H29NO2S/c1-3-5-7-11(8-12(14)10-17-16)9-13(15)6-4-2/h11-13,15-16H,3-10,14H2,1-2H3. The SMILES string of the molecule is CCCCC(CC(N)CSO)CC(O)CCC. The number of aliphatic hydroxyl groups is 1. The zero-order valence-corrected chi connectivity index (χ0v) is 12.1. The van der Waals surface area contributed by atoms with Crippen molar-refractivity contribution in [2.45, 2.75) is 70.9 Å². The molecule has 0 amide bonds. The lowest BCUT2D eigenvalue weighted by Crippen LogP contribution is -2.28. The van der Waals surface area contributed by atoms with Crippen molar-refractivity contribution in [1.29, 1.82) is 0 Å². The predicted octanol–water partition coefficient (Wildman–Crippen LogP) is 3.27. The van der Waals surface area contributed by atoms with Gasteiger partial charge in [0.1, 0.15) is 0 Å². The Morgan fingerprint density at radius 3 is 2.35 bits per heavy atom. The van der Waals surface area contributed by atoms with Gasteiger partial charge in [0.25, 0.3) is 0 Å². The molecule has 0 aliphatic rings. The van der Waals surface area contributed by atoms with Crippen LogP contribution in [0.2, 0.25) is 0 Å². The van der Waals surface area contributed by atoms with E-state index in [1.165, 1.54) is 12.8 Å². The number of hydrogen-bond acceptors (Lipinski definition) is 4. The summed E-state index contributed by atoms with van der Waals surface area (Å²) >= 11 is 0.817. The van der Waals surface area contributed by atoms with Crippen LogP contribution in [0, 0.1) is 5.92 Å². The summed E-state index contributed by atoms with van der Waals surface area (Å²) in [7, 11) is 0. The molecule has 0 heterocycles. The second-order valence-corrected chi connectivity index (χ2v) is 5.57. The molecule has 0 rings (SSSR count). The van der Waals surface area contributed by atoms with Gasteiger partial charge in [-0.1, -0.05) is 39.5 Å². The van der Waals surface area contributed by atoms with E-state index < -0.39 is 0 Å². The van der Waals surface area contributed by atoms with Gasteiger partial charge in [0, 0.05) is 11.8 Å². The van der Waals surface area contributed by atoms with Crippen LogP contribution in [0.25, 0.3) is 0 Å². The summed E-state index contributed by atoms with van der Waals surface area (Å²) < 4.78 is 8.78. The van der Waals surface area contributed by atoms with E-state index in [9.17, 15) is 5.11 Å². The third kappa shape index (κ3) is 9.89. The second-order valence-electron chi connectivity index (χ2n) is 4.98. The van der Waals surface area contributed by atoms with Crippen molar-refractivity contribution in [3.63, 3.8) is 0 Å². The Hall–Kier alpha value is 0.230. The molecule has 0 aliphatic carbocycles. The molecule has 0 aromatic heterocycles. The molecule has 0 spiro atoms. The first-order valence-electron chi connectivity index (χ1n) is 6.83. The Bertz CT molecular complexity index is 155. The third-order valence-electron chi connectivity index (χ3n) is 3.12. The van der Waals surface area contributed by atoms with Crippen molar-refractivity contribution in [3.8, 4) is 0 Å². The maximum atomic E-state index is 9.87. The molecule has 17 heavy (non-hydrogen) atoms. The zero-order chi connectivity index (χ0) is 13.1. The minimum absolute atomic E-state index is 0.0423. The van der Waals surface area contributed by atoms with Crippen LogP contribution >= 0.6 is 12.0 Å². The lowest BCUT2D eigenvalue weighted by atomic mass is 9.89. The Morgan fingerprint density at radius 1 is 1.12 bits per heavy atom. The smallest absolute Gasteiger partial charge is 0.0542 e. The molecule has 3 nitrogen and oxygen atoms in total. The van der Waals surface area contributed by atoms with Crippen LogP contribution in [-0.2, 0) is 0 Å². The van der Waals surface area contributed by atoms with Gasteiger partial charge in [-0.15, -0.1) is 0 Å². The summed E-state index contributed by atoms with van der Waals surface area (Å²) in [5.41, 5.74) is 5.94. The highest BCUT2D eigenvalue weighted by Crippen LogP contribution is 2.22. The van der Waals surface area contributed by atoms with Crippen molar-refractivity contribution in [2.75, 3.05) is 5.75 Å². The van der Waals surface area contributed by atoms with E-state index in [2.05, 4.69) is 13.8 Å². The van der Waals surface area contributed by atoms with Crippen molar-refractivity contribution in [1.82, 2.24) is 0 Å². The van der Waals surface area contributed by atoms with Crippen LogP contribution < -0.4 is 5.73 Å². The van der Waals surface area contributed by atoms with E-state index in [0.717, 1.165) is 44.1 Å². The molecule has 3 atom stereocenters. The fourth-order valence-electron chi connectivity index (χ4n) is 2.25. The van der Waals surface area contributed by atoms with E-state index in [4.69, 9.17) is 10.3 Å². The highest BCUT2D eigenvalue weighted by molar-refractivity contribution is 7.93. The van der Waals surface area contributed by atoms with Gasteiger partial charge in [0.05, 0.1) is 6.10 Å². The molecule has 0 aromatic rings. The number of hydrogen-bond donors (Lipinski definition) is 3. The molecule has 0 saturated carbocycles. The number of unbranched alkanes of at least 4 members (excludes halogenated alkanes) is 1. The Balaban J connectivity index is 4.02. The largest absolute Gasteiger partial charge is 0.393 e. The second kappa shape index (κ2) is 11.3. The quantitative estimate of drug-likeness (QED) is 0.501. The van der Waals surface area contributed by atoms with Gasteiger partial charge in [-0.2, -0.15) is 0 Å². The summed E-state index contributed by atoms with van der Waals surface area (Å²) in [6, 6.07) is 0.0423. The van der Waals surface area contributed by atoms with Crippen LogP contribution in [0.15, 0.2) is 0 Å². The first kappa shape index (κ1) is 17.2. The van der Waals surface area contributed by atoms with Crippen LogP contribution in [0.5, 0.6) is 0 Å². The molecule has 0 fully saturated rings. The number of rotatable bonds is 11. The fraction of sp³-hybridized carbons (Fsp3) is 1.00. The minimum Gasteiger partial charge on any atom is -0.393 e. The average molecular weight is 263 g/mol. The molecular formula is C13H29NO2S. The van der Waals surface area contributed by atoms with Crippen LogP contribution in [-0.4, -0.2) is 27.6 Å². The normalized spacial score (nSPS) is 16.8. The Labute approximate surface area is 110 Å². The third-order valence-corrected chi connectivity index (χ3v) is 3.70. The fourth-order valence-corrected chi connectivity index (χ4v) is 2.58. The van der Waals surface area contributed by atoms with Gasteiger partial charge in [-0.05, 0) is 37.2 Å². The first-order chi connectivity index (χ1) is 8.13. The topological polar surface area (TPSA) is 66.5 Å². The van der Waals surface area contributed by atoms with Crippen LogP contribution in [0.1, 0.15) is 58.8 Å². The van der Waals surface area contributed by atoms with Gasteiger partial charge in [0.2, 0.25) is 0 Å². The summed E-state index contributed by atoms with van der Waals surface area (Å²) in [6.45, 7) is 4.28. The molecule has 0 radical (unpaired) electrons. The maximum Gasteiger partial charge on any atom is 0.0542 e. The van der Waals surface area contributed by atoms with E-state index in [-0.39, 0.29) is 12.1 Å². The van der Waals surface area contributed by atoms with Crippen LogP contribution in [0.3, 0.4) is 0 Å². The summed E-state index contributed by atoms with van der Waals surface area (Å²) in [6.07, 6.45) is 7.02. The van der Waals surface area contributed by atoms with Crippen molar-refractivity contribution in [2.24, 2.45) is 11.7 Å². The molecule has 4 heteroatoms. The highest BCUT2D eigenvalue weighted by atomic mass is 32.2. The van der Waals surface area contributed by atoms with Gasteiger partial charge in [-0.25, -0.2) is 0 Å². The average Bonchev–Trinajstić information content (AvgIpc) is 2.26. The lowest BCUT2D eigenvalue weighted by Gasteiger charge is -2.22. The molecule has 3 unspecified atom stereocenters. The first-order valence-corrected chi connectivity index (χ1v) is 7.78. The maximum absolute atomic E-state index is 9.87. The Morgan fingerprint density at radius 2 is 1.82 bits per heavy atom. The van der Waals surface area contributed by atoms with E-state index in [0.29, 0.717) is 11.7 Å². The summed E-state index contributed by atoms with van der Waals surface area (Å²) in [5.74, 6) is 1.09. The van der Waals surface area contributed by atoms with Crippen molar-refractivity contribution >= 4 is 12.0 Å². The molecule has 0 bridgehead atoms. The van der Waals surface area contributed by atoms with Gasteiger partial charge in [-0.3, -0.25) is 0 Å². The molecule has 104 valence electrons. The predicted molar refractivity (Wildman–Crippen MR) is 76.2 cm³/mol. The molecule has 0 aliphatic heterocycles. The monoisotopic (exact) mass is 263 g/mol. The molecule has 0 saturated heterocycles. The lowest BCUT2D eigenvalue weighted by molar-refractivity contribution is 0.125. The van der Waals surface area contributed by atoms with Crippen molar-refractivity contribution < 1.29 is 9.66 Å². The Kier molecular flexibility index (Phi) is 11.5.